The van der Waals surface area contributed by atoms with E-state index in [-0.39, 0.29) is 12.6 Å². The molecule has 0 aliphatic heterocycles. The first-order valence-corrected chi connectivity index (χ1v) is 8.53. The Morgan fingerprint density at radius 1 is 1.17 bits per heavy atom. The van der Waals surface area contributed by atoms with Crippen molar-refractivity contribution in [2.75, 3.05) is 19.7 Å². The summed E-state index contributed by atoms with van der Waals surface area (Å²) in [7, 11) is 0. The highest BCUT2D eigenvalue weighted by Gasteiger charge is 2.07. The van der Waals surface area contributed by atoms with E-state index in [2.05, 4.69) is 27.8 Å². The molecule has 0 fully saturated rings. The summed E-state index contributed by atoms with van der Waals surface area (Å²) in [6.45, 7) is 3.56. The summed E-state index contributed by atoms with van der Waals surface area (Å²) in [4.78, 5) is 4.59. The lowest BCUT2D eigenvalue weighted by Gasteiger charge is -2.18. The molecule has 0 amide bonds. The van der Waals surface area contributed by atoms with Crippen LogP contribution < -0.4 is 10.6 Å². The fraction of sp³-hybridized carbons (Fsp3) is 0.421. The predicted octanol–water partition coefficient (Wildman–Crippen LogP) is 2.37. The molecule has 0 unspecified atom stereocenters. The Morgan fingerprint density at radius 2 is 2.00 bits per heavy atom. The summed E-state index contributed by atoms with van der Waals surface area (Å²) >= 11 is 0. The molecule has 24 heavy (non-hydrogen) atoms. The SMILES string of the molecule is CC[C@H](CO)NC(=NCCc1ccco1)NCCc1ccccc1. The van der Waals surface area contributed by atoms with Crippen LogP contribution in [0, 0.1) is 0 Å². The lowest BCUT2D eigenvalue weighted by molar-refractivity contribution is 0.251. The van der Waals surface area contributed by atoms with E-state index in [4.69, 9.17) is 4.42 Å². The number of rotatable bonds is 9. The molecular weight excluding hydrogens is 302 g/mol. The van der Waals surface area contributed by atoms with Crippen molar-refractivity contribution in [1.29, 1.82) is 0 Å². The van der Waals surface area contributed by atoms with Crippen molar-refractivity contribution in [3.05, 3.63) is 60.1 Å². The zero-order valence-corrected chi connectivity index (χ0v) is 14.2. The highest BCUT2D eigenvalue weighted by atomic mass is 16.3. The molecule has 1 heterocycles. The molecule has 0 aliphatic rings. The molecule has 3 N–H and O–H groups in total. The molecule has 2 rings (SSSR count). The van der Waals surface area contributed by atoms with E-state index in [0.29, 0.717) is 6.54 Å². The van der Waals surface area contributed by atoms with Gasteiger partial charge in [-0.15, -0.1) is 0 Å². The van der Waals surface area contributed by atoms with Crippen LogP contribution in [0.4, 0.5) is 0 Å². The quantitative estimate of drug-likeness (QED) is 0.488. The van der Waals surface area contributed by atoms with Crippen molar-refractivity contribution in [1.82, 2.24) is 10.6 Å². The van der Waals surface area contributed by atoms with E-state index in [0.717, 1.165) is 37.5 Å². The van der Waals surface area contributed by atoms with Crippen LogP contribution in [-0.4, -0.2) is 36.8 Å². The molecule has 130 valence electrons. The van der Waals surface area contributed by atoms with Crippen molar-refractivity contribution < 1.29 is 9.52 Å². The van der Waals surface area contributed by atoms with E-state index in [1.165, 1.54) is 5.56 Å². The van der Waals surface area contributed by atoms with Gasteiger partial charge < -0.3 is 20.2 Å². The van der Waals surface area contributed by atoms with Gasteiger partial charge in [0.2, 0.25) is 0 Å². The van der Waals surface area contributed by atoms with E-state index in [1.54, 1.807) is 6.26 Å². The van der Waals surface area contributed by atoms with Gasteiger partial charge in [-0.05, 0) is 30.5 Å². The fourth-order valence-corrected chi connectivity index (χ4v) is 2.33. The Hall–Kier alpha value is -2.27. The third-order valence-corrected chi connectivity index (χ3v) is 3.81. The molecule has 2 aromatic rings. The van der Waals surface area contributed by atoms with Crippen LogP contribution in [0.15, 0.2) is 58.1 Å². The molecule has 0 saturated carbocycles. The van der Waals surface area contributed by atoms with Crippen molar-refractivity contribution in [2.45, 2.75) is 32.2 Å². The predicted molar refractivity (Wildman–Crippen MR) is 97.2 cm³/mol. The topological polar surface area (TPSA) is 69.8 Å². The maximum atomic E-state index is 9.39. The van der Waals surface area contributed by atoms with Crippen LogP contribution >= 0.6 is 0 Å². The van der Waals surface area contributed by atoms with Crippen LogP contribution in [0.3, 0.4) is 0 Å². The standard InChI is InChI=1S/C19H27N3O2/c1-2-17(15-23)22-19(21-13-11-18-9-6-14-24-18)20-12-10-16-7-4-3-5-8-16/h3-9,14,17,23H,2,10-13,15H2,1H3,(H2,20,21,22)/t17-/m1/s1. The number of guanidine groups is 1. The van der Waals surface area contributed by atoms with Gasteiger partial charge in [0, 0.05) is 19.5 Å². The first kappa shape index (κ1) is 18.1. The van der Waals surface area contributed by atoms with Gasteiger partial charge in [0.25, 0.3) is 0 Å². The maximum absolute atomic E-state index is 9.39. The summed E-state index contributed by atoms with van der Waals surface area (Å²) in [6, 6.07) is 14.2. The normalized spacial score (nSPS) is 12.8. The molecule has 1 aromatic carbocycles. The lowest BCUT2D eigenvalue weighted by atomic mass is 10.1. The summed E-state index contributed by atoms with van der Waals surface area (Å²) in [5.74, 6) is 1.66. The minimum Gasteiger partial charge on any atom is -0.469 e. The average Bonchev–Trinajstić information content (AvgIpc) is 3.13. The van der Waals surface area contributed by atoms with Gasteiger partial charge in [-0.2, -0.15) is 0 Å². The first-order valence-electron chi connectivity index (χ1n) is 8.53. The van der Waals surface area contributed by atoms with Gasteiger partial charge in [-0.25, -0.2) is 0 Å². The largest absolute Gasteiger partial charge is 0.469 e. The van der Waals surface area contributed by atoms with E-state index < -0.39 is 0 Å². The van der Waals surface area contributed by atoms with Crippen LogP contribution in [0.5, 0.6) is 0 Å². The van der Waals surface area contributed by atoms with Crippen molar-refractivity contribution in [3.63, 3.8) is 0 Å². The molecular formula is C19H27N3O2. The molecule has 0 saturated heterocycles. The Morgan fingerprint density at radius 3 is 2.67 bits per heavy atom. The lowest BCUT2D eigenvalue weighted by Crippen LogP contribution is -2.45. The van der Waals surface area contributed by atoms with Crippen molar-refractivity contribution in [2.24, 2.45) is 4.99 Å². The highest BCUT2D eigenvalue weighted by Crippen LogP contribution is 2.01. The molecule has 0 spiro atoms. The Kier molecular flexibility index (Phi) is 7.90. The highest BCUT2D eigenvalue weighted by molar-refractivity contribution is 5.80. The third kappa shape index (κ3) is 6.46. The van der Waals surface area contributed by atoms with Crippen LogP contribution in [0.2, 0.25) is 0 Å². The molecule has 5 heteroatoms. The maximum Gasteiger partial charge on any atom is 0.191 e. The number of aliphatic hydroxyl groups is 1. The van der Waals surface area contributed by atoms with Crippen molar-refractivity contribution >= 4 is 5.96 Å². The summed E-state index contributed by atoms with van der Waals surface area (Å²) in [5, 5.41) is 16.0. The molecule has 1 atom stereocenters. The summed E-state index contributed by atoms with van der Waals surface area (Å²) in [6.07, 6.45) is 4.20. The number of nitrogens with zero attached hydrogens (tertiary/aromatic N) is 1. The number of aliphatic hydroxyl groups excluding tert-OH is 1. The molecule has 5 nitrogen and oxygen atoms in total. The smallest absolute Gasteiger partial charge is 0.191 e. The molecule has 1 aromatic heterocycles. The summed E-state index contributed by atoms with van der Waals surface area (Å²) in [5.41, 5.74) is 1.29. The van der Waals surface area contributed by atoms with E-state index >= 15 is 0 Å². The van der Waals surface area contributed by atoms with Crippen molar-refractivity contribution in [3.8, 4) is 0 Å². The van der Waals surface area contributed by atoms with Gasteiger partial charge in [-0.3, -0.25) is 4.99 Å². The zero-order valence-electron chi connectivity index (χ0n) is 14.2. The average molecular weight is 329 g/mol. The second-order valence-electron chi connectivity index (χ2n) is 5.65. The minimum atomic E-state index is 0.0107. The number of nitrogens with one attached hydrogen (secondary N) is 2. The molecule has 0 bridgehead atoms. The number of aliphatic imine (C=N–C) groups is 1. The van der Waals surface area contributed by atoms with Crippen LogP contribution in [0.1, 0.15) is 24.7 Å². The number of hydrogen-bond donors (Lipinski definition) is 3. The van der Waals surface area contributed by atoms with Gasteiger partial charge in [-0.1, -0.05) is 37.3 Å². The monoisotopic (exact) mass is 329 g/mol. The van der Waals surface area contributed by atoms with Crippen LogP contribution in [0.25, 0.3) is 0 Å². The number of furan rings is 1. The minimum absolute atomic E-state index is 0.0107. The first-order chi connectivity index (χ1) is 11.8. The fourth-order valence-electron chi connectivity index (χ4n) is 2.33. The summed E-state index contributed by atoms with van der Waals surface area (Å²) < 4.78 is 5.33. The second-order valence-corrected chi connectivity index (χ2v) is 5.65. The van der Waals surface area contributed by atoms with E-state index in [9.17, 15) is 5.11 Å². The van der Waals surface area contributed by atoms with Gasteiger partial charge in [0.15, 0.2) is 5.96 Å². The number of benzene rings is 1. The van der Waals surface area contributed by atoms with Gasteiger partial charge in [0.1, 0.15) is 5.76 Å². The van der Waals surface area contributed by atoms with E-state index in [1.807, 2.05) is 37.3 Å². The Labute approximate surface area is 143 Å². The second kappa shape index (κ2) is 10.5. The zero-order chi connectivity index (χ0) is 17.0. The van der Waals surface area contributed by atoms with Crippen LogP contribution in [-0.2, 0) is 12.8 Å². The Balaban J connectivity index is 1.86. The molecule has 0 aliphatic carbocycles. The van der Waals surface area contributed by atoms with Gasteiger partial charge >= 0.3 is 0 Å². The van der Waals surface area contributed by atoms with Gasteiger partial charge in [0.05, 0.1) is 18.9 Å². The molecule has 0 radical (unpaired) electrons. The Bertz CT molecular complexity index is 578. The third-order valence-electron chi connectivity index (χ3n) is 3.81. The number of hydrogen-bond acceptors (Lipinski definition) is 3.